The summed E-state index contributed by atoms with van der Waals surface area (Å²) in [4.78, 5) is 2.37. The number of fused-ring (bicyclic) bond motifs is 2. The fraction of sp³-hybridized carbons (Fsp3) is 0. The first-order chi connectivity index (χ1) is 28.2. The molecular formula is C56H39N. The van der Waals surface area contributed by atoms with Crippen molar-refractivity contribution in [2.45, 2.75) is 0 Å². The maximum absolute atomic E-state index is 2.37. The lowest BCUT2D eigenvalue weighted by atomic mass is 9.92. The lowest BCUT2D eigenvalue weighted by Crippen LogP contribution is -2.10. The molecule has 0 aliphatic rings. The minimum atomic E-state index is 1.09. The van der Waals surface area contributed by atoms with Gasteiger partial charge in [0.25, 0.3) is 0 Å². The summed E-state index contributed by atoms with van der Waals surface area (Å²) in [5.74, 6) is 0. The molecule has 57 heavy (non-hydrogen) atoms. The van der Waals surface area contributed by atoms with E-state index in [1.54, 1.807) is 0 Å². The molecule has 0 aliphatic carbocycles. The highest BCUT2D eigenvalue weighted by molar-refractivity contribution is 5.92. The molecule has 0 aromatic heterocycles. The largest absolute Gasteiger partial charge is 0.310 e. The van der Waals surface area contributed by atoms with E-state index >= 15 is 0 Å². The molecule has 0 amide bonds. The minimum absolute atomic E-state index is 1.09. The van der Waals surface area contributed by atoms with Gasteiger partial charge < -0.3 is 4.90 Å². The van der Waals surface area contributed by atoms with E-state index in [9.17, 15) is 0 Å². The number of nitrogens with zero attached hydrogens (tertiary/aromatic N) is 1. The normalized spacial score (nSPS) is 11.2. The fourth-order valence-electron chi connectivity index (χ4n) is 8.04. The Morgan fingerprint density at radius 1 is 0.193 bits per heavy atom. The molecule has 268 valence electrons. The lowest BCUT2D eigenvalue weighted by Gasteiger charge is -2.27. The summed E-state index contributed by atoms with van der Waals surface area (Å²) in [5.41, 5.74) is 15.3. The van der Waals surface area contributed by atoms with Crippen LogP contribution in [0.3, 0.4) is 0 Å². The predicted molar refractivity (Wildman–Crippen MR) is 243 cm³/mol. The van der Waals surface area contributed by atoms with Crippen molar-refractivity contribution < 1.29 is 0 Å². The molecule has 0 heterocycles. The highest BCUT2D eigenvalue weighted by atomic mass is 15.1. The fourth-order valence-corrected chi connectivity index (χ4v) is 8.04. The Kier molecular flexibility index (Phi) is 8.95. The molecule has 0 atom stereocenters. The molecule has 0 radical (unpaired) electrons. The van der Waals surface area contributed by atoms with Gasteiger partial charge in [0.1, 0.15) is 0 Å². The van der Waals surface area contributed by atoms with Crippen molar-refractivity contribution in [3.63, 3.8) is 0 Å². The Balaban J connectivity index is 1.06. The van der Waals surface area contributed by atoms with E-state index in [0.29, 0.717) is 0 Å². The Morgan fingerprint density at radius 3 is 1.07 bits per heavy atom. The third-order valence-electron chi connectivity index (χ3n) is 11.1. The van der Waals surface area contributed by atoms with Crippen LogP contribution in [0.1, 0.15) is 0 Å². The molecule has 0 spiro atoms. The first-order valence-electron chi connectivity index (χ1n) is 19.6. The van der Waals surface area contributed by atoms with Gasteiger partial charge in [-0.05, 0) is 126 Å². The van der Waals surface area contributed by atoms with Crippen LogP contribution in [0.15, 0.2) is 237 Å². The van der Waals surface area contributed by atoms with Gasteiger partial charge in [0, 0.05) is 17.1 Å². The molecule has 10 aromatic carbocycles. The zero-order chi connectivity index (χ0) is 38.0. The van der Waals surface area contributed by atoms with Crippen molar-refractivity contribution in [3.8, 4) is 55.6 Å². The van der Waals surface area contributed by atoms with E-state index in [2.05, 4.69) is 241 Å². The zero-order valence-corrected chi connectivity index (χ0v) is 31.5. The molecule has 0 N–H and O–H groups in total. The van der Waals surface area contributed by atoms with Crippen molar-refractivity contribution in [2.24, 2.45) is 0 Å². The van der Waals surface area contributed by atoms with Crippen LogP contribution in [0, 0.1) is 0 Å². The second-order valence-electron chi connectivity index (χ2n) is 14.6. The first kappa shape index (κ1) is 34.0. The summed E-state index contributed by atoms with van der Waals surface area (Å²) < 4.78 is 0. The SMILES string of the molecule is c1ccc(-c2ccc(N(c3ccc(-c4ccc5ccccc5c4)cc3)c3ccc(-c4ccc(-c5ccc6ccccc6c5)cc4)c(-c4ccccc4)c3)cc2)cc1. The van der Waals surface area contributed by atoms with Crippen LogP contribution in [-0.4, -0.2) is 0 Å². The molecule has 0 saturated heterocycles. The predicted octanol–water partition coefficient (Wildman–Crippen LogP) is 15.8. The van der Waals surface area contributed by atoms with E-state index in [-0.39, 0.29) is 0 Å². The Hall–Kier alpha value is -7.48. The molecule has 10 aromatic rings. The van der Waals surface area contributed by atoms with Crippen molar-refractivity contribution in [1.29, 1.82) is 0 Å². The van der Waals surface area contributed by atoms with Crippen LogP contribution < -0.4 is 4.90 Å². The third-order valence-corrected chi connectivity index (χ3v) is 11.1. The Bertz CT molecular complexity index is 2970. The van der Waals surface area contributed by atoms with Gasteiger partial charge in [0.15, 0.2) is 0 Å². The monoisotopic (exact) mass is 725 g/mol. The van der Waals surface area contributed by atoms with E-state index < -0.39 is 0 Å². The number of hydrogen-bond acceptors (Lipinski definition) is 1. The number of hydrogen-bond donors (Lipinski definition) is 0. The zero-order valence-electron chi connectivity index (χ0n) is 31.5. The lowest BCUT2D eigenvalue weighted by molar-refractivity contribution is 1.28. The molecular weight excluding hydrogens is 687 g/mol. The molecule has 1 heteroatoms. The van der Waals surface area contributed by atoms with Crippen LogP contribution in [0.25, 0.3) is 77.2 Å². The first-order valence-corrected chi connectivity index (χ1v) is 19.6. The van der Waals surface area contributed by atoms with Gasteiger partial charge in [-0.25, -0.2) is 0 Å². The molecule has 0 aliphatic heterocycles. The average molecular weight is 726 g/mol. The van der Waals surface area contributed by atoms with E-state index in [0.717, 1.165) is 17.1 Å². The molecule has 0 bridgehead atoms. The van der Waals surface area contributed by atoms with Gasteiger partial charge in [-0.15, -0.1) is 0 Å². The third kappa shape index (κ3) is 6.88. The van der Waals surface area contributed by atoms with Crippen molar-refractivity contribution in [1.82, 2.24) is 0 Å². The standard InChI is InChI=1S/C56H39N/c1-3-11-40(12-4-1)43-27-31-52(32-28-43)57(53-33-29-45(30-34-53)51-26-22-42-14-8-10-18-49(42)38-51)54-35-36-55(56(39-54)46-15-5-2-6-16-46)47-23-19-44(20-24-47)50-25-21-41-13-7-9-17-48(41)37-50/h1-39H. The average Bonchev–Trinajstić information content (AvgIpc) is 3.30. The van der Waals surface area contributed by atoms with E-state index in [4.69, 9.17) is 0 Å². The summed E-state index contributed by atoms with van der Waals surface area (Å²) >= 11 is 0. The van der Waals surface area contributed by atoms with E-state index in [1.165, 1.54) is 77.2 Å². The van der Waals surface area contributed by atoms with Crippen LogP contribution in [0.2, 0.25) is 0 Å². The van der Waals surface area contributed by atoms with Crippen LogP contribution in [0.5, 0.6) is 0 Å². The van der Waals surface area contributed by atoms with Gasteiger partial charge in [0.2, 0.25) is 0 Å². The quantitative estimate of drug-likeness (QED) is 0.151. The summed E-state index contributed by atoms with van der Waals surface area (Å²) in [6, 6.07) is 85.7. The van der Waals surface area contributed by atoms with Gasteiger partial charge in [-0.2, -0.15) is 0 Å². The van der Waals surface area contributed by atoms with Gasteiger partial charge >= 0.3 is 0 Å². The van der Waals surface area contributed by atoms with Gasteiger partial charge in [-0.1, -0.05) is 188 Å². The summed E-state index contributed by atoms with van der Waals surface area (Å²) in [7, 11) is 0. The highest BCUT2D eigenvalue weighted by Crippen LogP contribution is 2.42. The van der Waals surface area contributed by atoms with Gasteiger partial charge in [-0.3, -0.25) is 0 Å². The summed E-state index contributed by atoms with van der Waals surface area (Å²) in [6.07, 6.45) is 0. The second kappa shape index (κ2) is 15.0. The van der Waals surface area contributed by atoms with Crippen LogP contribution in [0.4, 0.5) is 17.1 Å². The molecule has 0 fully saturated rings. The minimum Gasteiger partial charge on any atom is -0.310 e. The van der Waals surface area contributed by atoms with E-state index in [1.807, 2.05) is 0 Å². The molecule has 0 unspecified atom stereocenters. The number of rotatable bonds is 8. The number of benzene rings is 10. The topological polar surface area (TPSA) is 3.24 Å². The van der Waals surface area contributed by atoms with Crippen LogP contribution in [-0.2, 0) is 0 Å². The van der Waals surface area contributed by atoms with Gasteiger partial charge in [0.05, 0.1) is 0 Å². The van der Waals surface area contributed by atoms with Crippen molar-refractivity contribution in [2.75, 3.05) is 4.90 Å². The molecule has 10 rings (SSSR count). The molecule has 1 nitrogen and oxygen atoms in total. The Morgan fingerprint density at radius 2 is 0.544 bits per heavy atom. The second-order valence-corrected chi connectivity index (χ2v) is 14.6. The maximum atomic E-state index is 2.37. The number of anilines is 3. The molecule has 0 saturated carbocycles. The summed E-state index contributed by atoms with van der Waals surface area (Å²) in [5, 5.41) is 5.01. The maximum Gasteiger partial charge on any atom is 0.0468 e. The highest BCUT2D eigenvalue weighted by Gasteiger charge is 2.17. The van der Waals surface area contributed by atoms with Crippen molar-refractivity contribution in [3.05, 3.63) is 237 Å². The van der Waals surface area contributed by atoms with Crippen molar-refractivity contribution >= 4 is 38.6 Å². The van der Waals surface area contributed by atoms with Crippen LogP contribution >= 0.6 is 0 Å². The Labute approximate surface area is 334 Å². The summed E-state index contributed by atoms with van der Waals surface area (Å²) in [6.45, 7) is 0. The smallest absolute Gasteiger partial charge is 0.0468 e.